The average Bonchev–Trinajstić information content (AvgIpc) is 2.53. The molecule has 0 aliphatic carbocycles. The molecule has 0 saturated carbocycles. The molecule has 0 fully saturated rings. The van der Waals surface area contributed by atoms with Gasteiger partial charge in [0, 0.05) is 12.3 Å². The number of ether oxygens (including phenoxy) is 2. The van der Waals surface area contributed by atoms with Crippen LogP contribution in [0.4, 0.5) is 5.69 Å². The third kappa shape index (κ3) is 5.52. The lowest BCUT2D eigenvalue weighted by molar-refractivity contribution is -0.140. The third-order valence-electron chi connectivity index (χ3n) is 4.28. The largest absolute Gasteiger partial charge is 0.496 e. The number of rotatable bonds is 10. The van der Waals surface area contributed by atoms with E-state index in [-0.39, 0.29) is 5.91 Å². The second-order valence-corrected chi connectivity index (χ2v) is 6.63. The summed E-state index contributed by atoms with van der Waals surface area (Å²) in [6.45, 7) is 10.7. The summed E-state index contributed by atoms with van der Waals surface area (Å²) >= 11 is 0. The number of unbranched alkanes of at least 4 members (excludes halogenated alkanes) is 2. The van der Waals surface area contributed by atoms with Gasteiger partial charge in [-0.1, -0.05) is 33.1 Å². The van der Waals surface area contributed by atoms with Gasteiger partial charge in [0.1, 0.15) is 11.4 Å². The molecule has 1 atom stereocenters. The van der Waals surface area contributed by atoms with E-state index in [2.05, 4.69) is 19.2 Å². The number of hydrogen-bond acceptors (Lipinski definition) is 3. The third-order valence-corrected chi connectivity index (χ3v) is 4.28. The van der Waals surface area contributed by atoms with E-state index in [9.17, 15) is 4.79 Å². The predicted octanol–water partition coefficient (Wildman–Crippen LogP) is 5.02. The molecule has 1 unspecified atom stereocenters. The fourth-order valence-corrected chi connectivity index (χ4v) is 2.90. The van der Waals surface area contributed by atoms with E-state index in [0.29, 0.717) is 6.61 Å². The summed E-state index contributed by atoms with van der Waals surface area (Å²) in [5.41, 5.74) is 2.02. The Hall–Kier alpha value is -1.55. The Labute approximate surface area is 146 Å². The van der Waals surface area contributed by atoms with Gasteiger partial charge in [0.2, 0.25) is 0 Å². The summed E-state index contributed by atoms with van der Waals surface area (Å²) < 4.78 is 11.3. The fourth-order valence-electron chi connectivity index (χ4n) is 2.90. The highest BCUT2D eigenvalue weighted by Crippen LogP contribution is 2.28. The lowest BCUT2D eigenvalue weighted by atomic mass is 9.96. The molecule has 0 aromatic heterocycles. The van der Waals surface area contributed by atoms with Crippen LogP contribution in [-0.4, -0.2) is 25.2 Å². The van der Waals surface area contributed by atoms with Crippen molar-refractivity contribution in [1.29, 1.82) is 0 Å². The van der Waals surface area contributed by atoms with Gasteiger partial charge in [0.15, 0.2) is 0 Å². The molecule has 1 aromatic carbocycles. The molecular weight excluding hydrogens is 302 g/mol. The molecule has 4 nitrogen and oxygen atoms in total. The van der Waals surface area contributed by atoms with E-state index in [1.807, 2.05) is 32.9 Å². The maximum Gasteiger partial charge on any atom is 0.256 e. The van der Waals surface area contributed by atoms with Crippen molar-refractivity contribution in [3.05, 3.63) is 23.3 Å². The first-order valence-electron chi connectivity index (χ1n) is 8.98. The van der Waals surface area contributed by atoms with E-state index in [0.717, 1.165) is 54.7 Å². The summed E-state index contributed by atoms with van der Waals surface area (Å²) in [6, 6.07) is 3.88. The lowest BCUT2D eigenvalue weighted by Crippen LogP contribution is -2.43. The molecule has 1 amide bonds. The van der Waals surface area contributed by atoms with Crippen molar-refractivity contribution in [3.8, 4) is 5.75 Å². The number of carbonyl (C=O) groups excluding carboxylic acids is 1. The van der Waals surface area contributed by atoms with Gasteiger partial charge >= 0.3 is 0 Å². The van der Waals surface area contributed by atoms with Gasteiger partial charge in [-0.2, -0.15) is 0 Å². The van der Waals surface area contributed by atoms with Crippen LogP contribution in [0, 0.1) is 13.8 Å². The van der Waals surface area contributed by atoms with Gasteiger partial charge < -0.3 is 14.8 Å². The highest BCUT2D eigenvalue weighted by molar-refractivity contribution is 5.97. The number of anilines is 1. The van der Waals surface area contributed by atoms with E-state index < -0.39 is 5.60 Å². The van der Waals surface area contributed by atoms with Gasteiger partial charge in [0.05, 0.1) is 7.11 Å². The molecule has 1 N–H and O–H groups in total. The van der Waals surface area contributed by atoms with Crippen LogP contribution in [0.25, 0.3) is 0 Å². The normalized spacial score (nSPS) is 13.4. The van der Waals surface area contributed by atoms with Crippen LogP contribution >= 0.6 is 0 Å². The van der Waals surface area contributed by atoms with Crippen molar-refractivity contribution < 1.29 is 14.3 Å². The molecule has 0 spiro atoms. The molecule has 1 rings (SSSR count). The molecule has 0 aliphatic heterocycles. The first-order valence-corrected chi connectivity index (χ1v) is 8.98. The SMILES string of the molecule is CCCCCC(C)(OCCC)C(=O)Nc1cc(C)c(OC)c(C)c1. The predicted molar refractivity (Wildman–Crippen MR) is 99.9 cm³/mol. The molecule has 0 bridgehead atoms. The van der Waals surface area contributed by atoms with Crippen LogP contribution in [0.15, 0.2) is 12.1 Å². The van der Waals surface area contributed by atoms with Crippen molar-refractivity contribution in [3.63, 3.8) is 0 Å². The van der Waals surface area contributed by atoms with Crippen LogP contribution in [0.1, 0.15) is 64.0 Å². The van der Waals surface area contributed by atoms with E-state index >= 15 is 0 Å². The summed E-state index contributed by atoms with van der Waals surface area (Å²) in [6.07, 6.45) is 4.87. The van der Waals surface area contributed by atoms with Crippen LogP contribution in [0.2, 0.25) is 0 Å². The quantitative estimate of drug-likeness (QED) is 0.611. The molecule has 0 radical (unpaired) electrons. The molecule has 136 valence electrons. The average molecular weight is 335 g/mol. The van der Waals surface area contributed by atoms with Crippen LogP contribution in [0.3, 0.4) is 0 Å². The molecule has 24 heavy (non-hydrogen) atoms. The summed E-state index contributed by atoms with van der Waals surface area (Å²) in [5.74, 6) is 0.789. The Balaban J connectivity index is 2.90. The number of aryl methyl sites for hydroxylation is 2. The number of benzene rings is 1. The Kier molecular flexibility index (Phi) is 8.26. The Morgan fingerprint density at radius 2 is 1.75 bits per heavy atom. The minimum Gasteiger partial charge on any atom is -0.496 e. The van der Waals surface area contributed by atoms with Crippen molar-refractivity contribution in [2.24, 2.45) is 0 Å². The highest BCUT2D eigenvalue weighted by Gasteiger charge is 2.33. The van der Waals surface area contributed by atoms with Crippen molar-refractivity contribution >= 4 is 11.6 Å². The summed E-state index contributed by atoms with van der Waals surface area (Å²) in [4.78, 5) is 12.8. The zero-order valence-electron chi connectivity index (χ0n) is 16.1. The smallest absolute Gasteiger partial charge is 0.256 e. The second kappa shape index (κ2) is 9.67. The van der Waals surface area contributed by atoms with Crippen LogP contribution in [0.5, 0.6) is 5.75 Å². The highest BCUT2D eigenvalue weighted by atomic mass is 16.5. The minimum absolute atomic E-state index is 0.0731. The summed E-state index contributed by atoms with van der Waals surface area (Å²) in [5, 5.41) is 3.03. The number of carbonyl (C=O) groups is 1. The number of methoxy groups -OCH3 is 1. The van der Waals surface area contributed by atoms with Crippen molar-refractivity contribution in [2.75, 3.05) is 19.0 Å². The zero-order valence-corrected chi connectivity index (χ0v) is 16.1. The lowest BCUT2D eigenvalue weighted by Gasteiger charge is -2.29. The Morgan fingerprint density at radius 3 is 2.25 bits per heavy atom. The Bertz CT molecular complexity index is 519. The molecule has 1 aromatic rings. The van der Waals surface area contributed by atoms with Crippen LogP contribution in [-0.2, 0) is 9.53 Å². The minimum atomic E-state index is -0.785. The molecule has 4 heteroatoms. The van der Waals surface area contributed by atoms with Gasteiger partial charge in [0.25, 0.3) is 5.91 Å². The Morgan fingerprint density at radius 1 is 1.12 bits per heavy atom. The molecule has 0 heterocycles. The van der Waals surface area contributed by atoms with Gasteiger partial charge in [-0.15, -0.1) is 0 Å². The van der Waals surface area contributed by atoms with Gasteiger partial charge in [-0.05, 0) is 56.9 Å². The molecular formula is C20H33NO3. The fraction of sp³-hybridized carbons (Fsp3) is 0.650. The maximum absolute atomic E-state index is 12.8. The maximum atomic E-state index is 12.8. The number of nitrogens with one attached hydrogen (secondary N) is 1. The topological polar surface area (TPSA) is 47.6 Å². The van der Waals surface area contributed by atoms with E-state index in [1.165, 1.54) is 0 Å². The van der Waals surface area contributed by atoms with Gasteiger partial charge in [-0.25, -0.2) is 0 Å². The first kappa shape index (κ1) is 20.5. The number of hydrogen-bond donors (Lipinski definition) is 1. The van der Waals surface area contributed by atoms with Crippen LogP contribution < -0.4 is 10.1 Å². The zero-order chi connectivity index (χ0) is 18.2. The van der Waals surface area contributed by atoms with Crippen molar-refractivity contribution in [1.82, 2.24) is 0 Å². The molecule has 0 saturated heterocycles. The standard InChI is InChI=1S/C20H33NO3/c1-7-9-10-11-20(5,24-12-8-2)19(22)21-17-13-15(3)18(23-6)16(4)14-17/h13-14H,7-12H2,1-6H3,(H,21,22). The second-order valence-electron chi connectivity index (χ2n) is 6.63. The summed E-state index contributed by atoms with van der Waals surface area (Å²) in [7, 11) is 1.66. The number of amides is 1. The first-order chi connectivity index (χ1) is 11.4. The van der Waals surface area contributed by atoms with E-state index in [4.69, 9.17) is 9.47 Å². The monoisotopic (exact) mass is 335 g/mol. The van der Waals surface area contributed by atoms with E-state index in [1.54, 1.807) is 7.11 Å². The molecule has 0 aliphatic rings. The van der Waals surface area contributed by atoms with Gasteiger partial charge in [-0.3, -0.25) is 4.79 Å². The van der Waals surface area contributed by atoms with Crippen molar-refractivity contribution in [2.45, 2.75) is 72.3 Å².